The van der Waals surface area contributed by atoms with Crippen molar-refractivity contribution < 1.29 is 0 Å². The number of rotatable bonds is 5. The van der Waals surface area contributed by atoms with Crippen molar-refractivity contribution in [2.24, 2.45) is 5.92 Å². The van der Waals surface area contributed by atoms with Crippen LogP contribution in [0.2, 0.25) is 0 Å². The molecule has 0 aromatic carbocycles. The molecule has 1 unspecified atom stereocenters. The fourth-order valence-electron chi connectivity index (χ4n) is 1.41. The van der Waals surface area contributed by atoms with E-state index in [4.69, 9.17) is 0 Å². The lowest BCUT2D eigenvalue weighted by molar-refractivity contribution is 0.514. The van der Waals surface area contributed by atoms with E-state index in [9.17, 15) is 0 Å². The van der Waals surface area contributed by atoms with Crippen molar-refractivity contribution in [1.82, 2.24) is 10.3 Å². The van der Waals surface area contributed by atoms with Gasteiger partial charge in [-0.05, 0) is 44.0 Å². The van der Waals surface area contributed by atoms with Crippen molar-refractivity contribution in [3.8, 4) is 0 Å². The molecule has 1 atom stereocenters. The molecule has 1 rings (SSSR count). The monoisotopic (exact) mass is 178 g/mol. The summed E-state index contributed by atoms with van der Waals surface area (Å²) in [6, 6.07) is 4.14. The van der Waals surface area contributed by atoms with Gasteiger partial charge < -0.3 is 5.32 Å². The summed E-state index contributed by atoms with van der Waals surface area (Å²) in [5.41, 5.74) is 1.34. The van der Waals surface area contributed by atoms with Crippen molar-refractivity contribution in [2.75, 3.05) is 13.6 Å². The van der Waals surface area contributed by atoms with Crippen LogP contribution in [0.3, 0.4) is 0 Å². The van der Waals surface area contributed by atoms with Gasteiger partial charge in [-0.15, -0.1) is 0 Å². The Balaban J connectivity index is 2.32. The smallest absolute Gasteiger partial charge is 0.0299 e. The van der Waals surface area contributed by atoms with Crippen LogP contribution in [0.4, 0.5) is 0 Å². The summed E-state index contributed by atoms with van der Waals surface area (Å²) in [5.74, 6) is 0.733. The molecule has 1 N–H and O–H groups in total. The summed E-state index contributed by atoms with van der Waals surface area (Å²) in [4.78, 5) is 4.10. The molecule has 1 heterocycles. The third kappa shape index (κ3) is 4.04. The van der Waals surface area contributed by atoms with Gasteiger partial charge in [0, 0.05) is 12.4 Å². The fourth-order valence-corrected chi connectivity index (χ4v) is 1.41. The Morgan fingerprint density at radius 2 is 2.38 bits per heavy atom. The maximum Gasteiger partial charge on any atom is 0.0299 e. The van der Waals surface area contributed by atoms with Gasteiger partial charge in [0.15, 0.2) is 0 Å². The van der Waals surface area contributed by atoms with Crippen LogP contribution in [0.25, 0.3) is 0 Å². The summed E-state index contributed by atoms with van der Waals surface area (Å²) >= 11 is 0. The quantitative estimate of drug-likeness (QED) is 0.744. The van der Waals surface area contributed by atoms with Crippen LogP contribution < -0.4 is 5.32 Å². The average Bonchev–Trinajstić information content (AvgIpc) is 2.16. The average molecular weight is 178 g/mol. The van der Waals surface area contributed by atoms with Gasteiger partial charge in [-0.3, -0.25) is 4.98 Å². The van der Waals surface area contributed by atoms with E-state index < -0.39 is 0 Å². The first-order chi connectivity index (χ1) is 6.33. The van der Waals surface area contributed by atoms with Crippen LogP contribution in [0.5, 0.6) is 0 Å². The highest BCUT2D eigenvalue weighted by atomic mass is 14.8. The number of nitrogens with one attached hydrogen (secondary N) is 1. The Kier molecular flexibility index (Phi) is 4.47. The first kappa shape index (κ1) is 10.2. The summed E-state index contributed by atoms with van der Waals surface area (Å²) < 4.78 is 0. The van der Waals surface area contributed by atoms with Crippen LogP contribution in [0, 0.1) is 5.92 Å². The van der Waals surface area contributed by atoms with Crippen LogP contribution >= 0.6 is 0 Å². The molecule has 0 radical (unpaired) electrons. The minimum absolute atomic E-state index is 0.733. The van der Waals surface area contributed by atoms with E-state index in [1.165, 1.54) is 12.0 Å². The highest BCUT2D eigenvalue weighted by molar-refractivity contribution is 5.08. The lowest BCUT2D eigenvalue weighted by atomic mass is 9.99. The van der Waals surface area contributed by atoms with Crippen molar-refractivity contribution >= 4 is 0 Å². The normalized spacial score (nSPS) is 12.8. The summed E-state index contributed by atoms with van der Waals surface area (Å²) in [5, 5.41) is 3.17. The maximum absolute atomic E-state index is 4.10. The molecule has 0 aliphatic carbocycles. The van der Waals surface area contributed by atoms with E-state index in [1.807, 2.05) is 25.5 Å². The van der Waals surface area contributed by atoms with E-state index in [1.54, 1.807) is 0 Å². The predicted molar refractivity (Wildman–Crippen MR) is 55.6 cm³/mol. The Morgan fingerprint density at radius 3 is 3.00 bits per heavy atom. The molecule has 0 saturated heterocycles. The number of aromatic nitrogens is 1. The number of hydrogen-bond acceptors (Lipinski definition) is 2. The van der Waals surface area contributed by atoms with Gasteiger partial charge in [-0.1, -0.05) is 13.0 Å². The van der Waals surface area contributed by atoms with Gasteiger partial charge in [0.2, 0.25) is 0 Å². The van der Waals surface area contributed by atoms with Gasteiger partial charge >= 0.3 is 0 Å². The molecule has 0 saturated carbocycles. The van der Waals surface area contributed by atoms with E-state index in [2.05, 4.69) is 23.3 Å². The summed E-state index contributed by atoms with van der Waals surface area (Å²) in [6.45, 7) is 3.38. The third-order valence-electron chi connectivity index (χ3n) is 2.19. The first-order valence-corrected chi connectivity index (χ1v) is 4.86. The maximum atomic E-state index is 4.10. The van der Waals surface area contributed by atoms with E-state index in [-0.39, 0.29) is 0 Å². The van der Waals surface area contributed by atoms with E-state index >= 15 is 0 Å². The molecule has 0 amide bonds. The van der Waals surface area contributed by atoms with Crippen molar-refractivity contribution in [3.63, 3.8) is 0 Å². The molecule has 0 spiro atoms. The van der Waals surface area contributed by atoms with Crippen LogP contribution in [-0.4, -0.2) is 18.6 Å². The molecule has 2 nitrogen and oxygen atoms in total. The minimum Gasteiger partial charge on any atom is -0.320 e. The third-order valence-corrected chi connectivity index (χ3v) is 2.19. The Labute approximate surface area is 80.4 Å². The highest BCUT2D eigenvalue weighted by Gasteiger charge is 2.02. The molecule has 0 fully saturated rings. The van der Waals surface area contributed by atoms with Gasteiger partial charge in [0.1, 0.15) is 0 Å². The number of hydrogen-bond donors (Lipinski definition) is 1. The molecular weight excluding hydrogens is 160 g/mol. The zero-order valence-corrected chi connectivity index (χ0v) is 8.46. The molecule has 1 aromatic rings. The zero-order valence-electron chi connectivity index (χ0n) is 8.46. The standard InChI is InChI=1S/C11H18N2/c1-10(5-7-12-2)8-11-4-3-6-13-9-11/h3-4,6,9-10,12H,5,7-8H2,1-2H3. The highest BCUT2D eigenvalue weighted by Crippen LogP contribution is 2.09. The Hall–Kier alpha value is -0.890. The lowest BCUT2D eigenvalue weighted by Crippen LogP contribution is -2.12. The topological polar surface area (TPSA) is 24.9 Å². The van der Waals surface area contributed by atoms with Crippen molar-refractivity contribution in [3.05, 3.63) is 30.1 Å². The fraction of sp³-hybridized carbons (Fsp3) is 0.545. The van der Waals surface area contributed by atoms with Crippen molar-refractivity contribution in [2.45, 2.75) is 19.8 Å². The summed E-state index contributed by atoms with van der Waals surface area (Å²) in [6.07, 6.45) is 6.14. The molecule has 1 aromatic heterocycles. The minimum atomic E-state index is 0.733. The van der Waals surface area contributed by atoms with Crippen LogP contribution in [-0.2, 0) is 6.42 Å². The van der Waals surface area contributed by atoms with Crippen LogP contribution in [0.15, 0.2) is 24.5 Å². The molecule has 72 valence electrons. The number of nitrogens with zero attached hydrogens (tertiary/aromatic N) is 1. The second-order valence-electron chi connectivity index (χ2n) is 3.56. The first-order valence-electron chi connectivity index (χ1n) is 4.86. The largest absolute Gasteiger partial charge is 0.320 e. The molecular formula is C11H18N2. The predicted octanol–water partition coefficient (Wildman–Crippen LogP) is 1.87. The molecule has 2 heteroatoms. The Bertz CT molecular complexity index is 221. The van der Waals surface area contributed by atoms with Crippen molar-refractivity contribution in [1.29, 1.82) is 0 Å². The van der Waals surface area contributed by atoms with Gasteiger partial charge in [0.25, 0.3) is 0 Å². The second kappa shape index (κ2) is 5.70. The van der Waals surface area contributed by atoms with Gasteiger partial charge in [0.05, 0.1) is 0 Å². The zero-order chi connectivity index (χ0) is 9.52. The van der Waals surface area contributed by atoms with Gasteiger partial charge in [-0.2, -0.15) is 0 Å². The van der Waals surface area contributed by atoms with Crippen LogP contribution in [0.1, 0.15) is 18.9 Å². The molecule has 13 heavy (non-hydrogen) atoms. The number of pyridine rings is 1. The molecule has 0 aliphatic rings. The Morgan fingerprint density at radius 1 is 1.54 bits per heavy atom. The van der Waals surface area contributed by atoms with Gasteiger partial charge in [-0.25, -0.2) is 0 Å². The lowest BCUT2D eigenvalue weighted by Gasteiger charge is -2.10. The van der Waals surface area contributed by atoms with E-state index in [0.717, 1.165) is 18.9 Å². The summed E-state index contributed by atoms with van der Waals surface area (Å²) in [7, 11) is 2.00. The SMILES string of the molecule is CNCCC(C)Cc1cccnc1. The molecule has 0 bridgehead atoms. The van der Waals surface area contributed by atoms with E-state index in [0.29, 0.717) is 0 Å². The molecule has 0 aliphatic heterocycles. The second-order valence-corrected chi connectivity index (χ2v) is 3.56.